The van der Waals surface area contributed by atoms with Crippen molar-refractivity contribution >= 4 is 21.6 Å². The average Bonchev–Trinajstić information content (AvgIpc) is 2.70. The second-order valence-electron chi connectivity index (χ2n) is 8.15. The summed E-state index contributed by atoms with van der Waals surface area (Å²) < 4.78 is 28.7. The Bertz CT molecular complexity index is 760. The molecule has 0 atom stereocenters. The molecule has 0 radical (unpaired) electrons. The minimum Gasteiger partial charge on any atom is -0.378 e. The molecule has 1 aromatic rings. The molecule has 4 heterocycles. The van der Waals surface area contributed by atoms with Crippen LogP contribution in [0.5, 0.6) is 0 Å². The van der Waals surface area contributed by atoms with Gasteiger partial charge >= 0.3 is 0 Å². The maximum atomic E-state index is 11.6. The van der Waals surface area contributed by atoms with Gasteiger partial charge in [0, 0.05) is 57.6 Å². The molecule has 28 heavy (non-hydrogen) atoms. The molecule has 9 heteroatoms. The van der Waals surface area contributed by atoms with Crippen LogP contribution in [0, 0.1) is 12.8 Å². The van der Waals surface area contributed by atoms with Crippen LogP contribution in [-0.2, 0) is 14.6 Å². The number of morpholine rings is 1. The Morgan fingerprint density at radius 2 is 1.68 bits per heavy atom. The summed E-state index contributed by atoms with van der Waals surface area (Å²) in [7, 11) is -2.77. The minimum absolute atomic E-state index is 0.363. The fraction of sp³-hybridized carbons (Fsp3) is 0.789. The van der Waals surface area contributed by atoms with Gasteiger partial charge in [-0.3, -0.25) is 4.90 Å². The Labute approximate surface area is 167 Å². The summed E-state index contributed by atoms with van der Waals surface area (Å²) in [5, 5.41) is 0. The van der Waals surface area contributed by atoms with Gasteiger partial charge in [0.2, 0.25) is 5.95 Å². The van der Waals surface area contributed by atoms with Crippen LogP contribution in [0.4, 0.5) is 11.8 Å². The molecule has 0 spiro atoms. The average molecular weight is 410 g/mol. The molecule has 8 nitrogen and oxygen atoms in total. The molecule has 3 aliphatic rings. The van der Waals surface area contributed by atoms with Crippen molar-refractivity contribution in [3.63, 3.8) is 0 Å². The lowest BCUT2D eigenvalue weighted by Crippen LogP contribution is -2.48. The molecule has 3 fully saturated rings. The molecule has 0 unspecified atom stereocenters. The Kier molecular flexibility index (Phi) is 6.03. The van der Waals surface area contributed by atoms with E-state index in [9.17, 15) is 8.42 Å². The number of nitrogens with zero attached hydrogens (tertiary/aromatic N) is 5. The van der Waals surface area contributed by atoms with E-state index >= 15 is 0 Å². The van der Waals surface area contributed by atoms with Gasteiger partial charge in [-0.25, -0.2) is 13.4 Å². The lowest BCUT2D eigenvalue weighted by Gasteiger charge is -2.38. The second kappa shape index (κ2) is 8.51. The van der Waals surface area contributed by atoms with E-state index in [1.165, 1.54) is 0 Å². The van der Waals surface area contributed by atoms with E-state index in [-0.39, 0.29) is 0 Å². The SMILES string of the molecule is Cc1cc(N2CCN(CC3CCS(=O)(=O)CC3)CC2)nc(N2CCOCC2)n1. The van der Waals surface area contributed by atoms with Gasteiger partial charge in [0.25, 0.3) is 0 Å². The summed E-state index contributed by atoms with van der Waals surface area (Å²) in [5.41, 5.74) is 0.998. The first kappa shape index (κ1) is 19.8. The number of sulfone groups is 1. The number of hydrogen-bond acceptors (Lipinski definition) is 8. The van der Waals surface area contributed by atoms with Crippen LogP contribution in [0.25, 0.3) is 0 Å². The number of anilines is 2. The molecule has 0 aliphatic carbocycles. The quantitative estimate of drug-likeness (QED) is 0.714. The maximum Gasteiger partial charge on any atom is 0.227 e. The number of aromatic nitrogens is 2. The highest BCUT2D eigenvalue weighted by molar-refractivity contribution is 7.91. The fourth-order valence-electron chi connectivity index (χ4n) is 4.25. The van der Waals surface area contributed by atoms with Crippen LogP contribution in [0.15, 0.2) is 6.07 Å². The molecule has 0 aromatic carbocycles. The Morgan fingerprint density at radius 3 is 2.36 bits per heavy atom. The predicted octanol–water partition coefficient (Wildman–Crippen LogP) is 0.568. The number of rotatable bonds is 4. The van der Waals surface area contributed by atoms with Gasteiger partial charge in [-0.1, -0.05) is 0 Å². The normalized spacial score (nSPS) is 24.5. The van der Waals surface area contributed by atoms with Crippen molar-refractivity contribution in [2.75, 3.05) is 80.3 Å². The number of piperazine rings is 1. The summed E-state index contributed by atoms with van der Waals surface area (Å²) in [5.74, 6) is 3.07. The van der Waals surface area contributed by atoms with Crippen molar-refractivity contribution in [2.45, 2.75) is 19.8 Å². The third-order valence-electron chi connectivity index (χ3n) is 6.01. The molecular formula is C19H31N5O3S. The molecule has 3 saturated heterocycles. The van der Waals surface area contributed by atoms with Crippen molar-refractivity contribution < 1.29 is 13.2 Å². The zero-order valence-corrected chi connectivity index (χ0v) is 17.5. The second-order valence-corrected chi connectivity index (χ2v) is 10.5. The standard InChI is InChI=1S/C19H31N5O3S/c1-16-14-18(21-19(20-16)24-8-10-27-11-9-24)23-6-4-22(5-7-23)15-17-2-12-28(25,26)13-3-17/h14,17H,2-13,15H2,1H3. The van der Waals surface area contributed by atoms with E-state index in [0.717, 1.165) is 89.3 Å². The Morgan fingerprint density at radius 1 is 1.00 bits per heavy atom. The summed E-state index contributed by atoms with van der Waals surface area (Å²) in [6, 6.07) is 2.08. The molecule has 0 saturated carbocycles. The zero-order valence-electron chi connectivity index (χ0n) is 16.7. The van der Waals surface area contributed by atoms with Crippen LogP contribution in [0.1, 0.15) is 18.5 Å². The highest BCUT2D eigenvalue weighted by Crippen LogP contribution is 2.23. The summed E-state index contributed by atoms with van der Waals surface area (Å²) in [6.07, 6.45) is 1.63. The van der Waals surface area contributed by atoms with Gasteiger partial charge in [0.1, 0.15) is 15.7 Å². The van der Waals surface area contributed by atoms with Crippen LogP contribution < -0.4 is 9.80 Å². The highest BCUT2D eigenvalue weighted by Gasteiger charge is 2.27. The summed E-state index contributed by atoms with van der Waals surface area (Å²) in [4.78, 5) is 16.5. The maximum absolute atomic E-state index is 11.6. The fourth-order valence-corrected chi connectivity index (χ4v) is 5.84. The molecule has 3 aliphatic heterocycles. The summed E-state index contributed by atoms with van der Waals surface area (Å²) >= 11 is 0. The largest absolute Gasteiger partial charge is 0.378 e. The number of hydrogen-bond donors (Lipinski definition) is 0. The predicted molar refractivity (Wildman–Crippen MR) is 110 cm³/mol. The Balaban J connectivity index is 1.33. The topological polar surface area (TPSA) is 78.9 Å². The molecule has 0 N–H and O–H groups in total. The van der Waals surface area contributed by atoms with E-state index in [2.05, 4.69) is 25.8 Å². The van der Waals surface area contributed by atoms with Crippen LogP contribution in [0.3, 0.4) is 0 Å². The van der Waals surface area contributed by atoms with Crippen molar-refractivity contribution in [3.05, 3.63) is 11.8 Å². The first-order valence-electron chi connectivity index (χ1n) is 10.3. The van der Waals surface area contributed by atoms with Crippen LogP contribution in [0.2, 0.25) is 0 Å². The van der Waals surface area contributed by atoms with Crippen molar-refractivity contribution in [1.29, 1.82) is 0 Å². The summed E-state index contributed by atoms with van der Waals surface area (Å²) in [6.45, 7) is 10.1. The first-order valence-corrected chi connectivity index (χ1v) is 12.2. The van der Waals surface area contributed by atoms with Gasteiger partial charge < -0.3 is 14.5 Å². The molecule has 0 bridgehead atoms. The van der Waals surface area contributed by atoms with Gasteiger partial charge in [-0.2, -0.15) is 4.98 Å². The van der Waals surface area contributed by atoms with E-state index in [4.69, 9.17) is 9.72 Å². The van der Waals surface area contributed by atoms with E-state index < -0.39 is 9.84 Å². The zero-order chi connectivity index (χ0) is 19.6. The third kappa shape index (κ3) is 4.93. The lowest BCUT2D eigenvalue weighted by molar-refractivity contribution is 0.122. The van der Waals surface area contributed by atoms with Crippen molar-refractivity contribution in [3.8, 4) is 0 Å². The number of ether oxygens (including phenoxy) is 1. The molecule has 156 valence electrons. The van der Waals surface area contributed by atoms with Crippen molar-refractivity contribution in [2.24, 2.45) is 5.92 Å². The molecule has 4 rings (SSSR count). The molecule has 0 amide bonds. The Hall–Kier alpha value is -1.45. The van der Waals surface area contributed by atoms with Gasteiger partial charge in [-0.05, 0) is 25.7 Å². The van der Waals surface area contributed by atoms with Gasteiger partial charge in [-0.15, -0.1) is 0 Å². The smallest absolute Gasteiger partial charge is 0.227 e. The van der Waals surface area contributed by atoms with Crippen molar-refractivity contribution in [1.82, 2.24) is 14.9 Å². The monoisotopic (exact) mass is 409 g/mol. The molecule has 1 aromatic heterocycles. The van der Waals surface area contributed by atoms with E-state index in [0.29, 0.717) is 17.4 Å². The number of aryl methyl sites for hydroxylation is 1. The highest BCUT2D eigenvalue weighted by atomic mass is 32.2. The van der Waals surface area contributed by atoms with Crippen LogP contribution >= 0.6 is 0 Å². The first-order chi connectivity index (χ1) is 13.5. The van der Waals surface area contributed by atoms with Gasteiger partial charge in [0.15, 0.2) is 0 Å². The minimum atomic E-state index is -2.77. The van der Waals surface area contributed by atoms with E-state index in [1.807, 2.05) is 6.92 Å². The van der Waals surface area contributed by atoms with E-state index in [1.54, 1.807) is 0 Å². The third-order valence-corrected chi connectivity index (χ3v) is 7.73. The van der Waals surface area contributed by atoms with Gasteiger partial charge in [0.05, 0.1) is 24.7 Å². The lowest BCUT2D eigenvalue weighted by atomic mass is 10.0. The van der Waals surface area contributed by atoms with Crippen LogP contribution in [-0.4, -0.2) is 93.8 Å². The molecular weight excluding hydrogens is 378 g/mol.